The second-order valence-electron chi connectivity index (χ2n) is 14.6. The van der Waals surface area contributed by atoms with Gasteiger partial charge < -0.3 is 10.2 Å². The molecule has 4 fully saturated rings. The average Bonchev–Trinajstić information content (AvgIpc) is 3.23. The van der Waals surface area contributed by atoms with Crippen LogP contribution in [0.15, 0.2) is 0 Å². The Kier molecular flexibility index (Phi) is 10.5. The van der Waals surface area contributed by atoms with Crippen molar-refractivity contribution in [2.24, 2.45) is 46.3 Å². The lowest BCUT2D eigenvalue weighted by Crippen LogP contribution is -2.53. The highest BCUT2D eigenvalue weighted by atomic mass is 32.2. The van der Waals surface area contributed by atoms with Crippen LogP contribution in [0.25, 0.3) is 0 Å². The first-order chi connectivity index (χ1) is 18.4. The highest BCUT2D eigenvalue weighted by molar-refractivity contribution is 7.85. The molecule has 0 heterocycles. The largest absolute Gasteiger partial charge is 0.356 e. The summed E-state index contributed by atoms with van der Waals surface area (Å²) in [7, 11) is -1.91. The fraction of sp³-hybridized carbons (Fsp3) is 0.969. The van der Waals surface area contributed by atoms with Gasteiger partial charge in [0.25, 0.3) is 10.1 Å². The van der Waals surface area contributed by atoms with Gasteiger partial charge in [-0.3, -0.25) is 9.35 Å². The SMILES string of the molecule is C[C@H](CCC(=O)NCCCCN(C)CCCS(=O)(=O)O)[C@H]1CC[C@H]2[C@@H]3CCC4CCCC[C@]4(C)[C@H]3CC[C@]12C. The van der Waals surface area contributed by atoms with Crippen LogP contribution in [0.1, 0.15) is 117 Å². The van der Waals surface area contributed by atoms with E-state index in [-0.39, 0.29) is 11.7 Å². The van der Waals surface area contributed by atoms with Gasteiger partial charge in [-0.15, -0.1) is 0 Å². The minimum atomic E-state index is -3.87. The Labute approximate surface area is 239 Å². The molecule has 2 N–H and O–H groups in total. The third-order valence-electron chi connectivity index (χ3n) is 12.4. The van der Waals surface area contributed by atoms with Gasteiger partial charge >= 0.3 is 0 Å². The van der Waals surface area contributed by atoms with Gasteiger partial charge in [-0.05, 0) is 144 Å². The molecule has 0 spiro atoms. The van der Waals surface area contributed by atoms with Crippen molar-refractivity contribution in [3.63, 3.8) is 0 Å². The fourth-order valence-corrected chi connectivity index (χ4v) is 10.8. The van der Waals surface area contributed by atoms with Crippen molar-refractivity contribution >= 4 is 16.0 Å². The molecule has 0 saturated heterocycles. The van der Waals surface area contributed by atoms with Crippen LogP contribution in [-0.4, -0.2) is 56.2 Å². The molecule has 0 radical (unpaired) electrons. The first-order valence-electron chi connectivity index (χ1n) is 16.3. The Balaban J connectivity index is 1.16. The molecule has 4 aliphatic rings. The van der Waals surface area contributed by atoms with Gasteiger partial charge in [0.15, 0.2) is 0 Å². The van der Waals surface area contributed by atoms with Gasteiger partial charge in [-0.2, -0.15) is 8.42 Å². The van der Waals surface area contributed by atoms with E-state index in [9.17, 15) is 13.2 Å². The molecule has 226 valence electrons. The molecule has 7 heteroatoms. The molecule has 0 aromatic carbocycles. The predicted molar refractivity (Wildman–Crippen MR) is 159 cm³/mol. The van der Waals surface area contributed by atoms with Crippen LogP contribution in [-0.2, 0) is 14.9 Å². The number of unbranched alkanes of at least 4 members (excludes halogenated alkanes) is 1. The lowest BCUT2D eigenvalue weighted by Gasteiger charge is -2.61. The summed E-state index contributed by atoms with van der Waals surface area (Å²) in [5.41, 5.74) is 1.09. The first kappa shape index (κ1) is 31.3. The maximum absolute atomic E-state index is 12.6. The Bertz CT molecular complexity index is 925. The Morgan fingerprint density at radius 3 is 2.46 bits per heavy atom. The molecular formula is C32H58N2O4S. The van der Waals surface area contributed by atoms with Crippen LogP contribution in [0.4, 0.5) is 0 Å². The monoisotopic (exact) mass is 566 g/mol. The van der Waals surface area contributed by atoms with Gasteiger partial charge in [0, 0.05) is 13.0 Å². The summed E-state index contributed by atoms with van der Waals surface area (Å²) in [6.45, 7) is 9.95. The van der Waals surface area contributed by atoms with Crippen molar-refractivity contribution < 1.29 is 17.8 Å². The van der Waals surface area contributed by atoms with Crippen LogP contribution >= 0.6 is 0 Å². The lowest BCUT2D eigenvalue weighted by molar-refractivity contribution is -0.122. The molecule has 4 aliphatic carbocycles. The minimum Gasteiger partial charge on any atom is -0.356 e. The summed E-state index contributed by atoms with van der Waals surface area (Å²) < 4.78 is 30.5. The van der Waals surface area contributed by atoms with E-state index >= 15 is 0 Å². The van der Waals surface area contributed by atoms with Crippen LogP contribution in [0.5, 0.6) is 0 Å². The van der Waals surface area contributed by atoms with Crippen LogP contribution in [0, 0.1) is 46.3 Å². The normalized spacial score (nSPS) is 37.1. The lowest BCUT2D eigenvalue weighted by atomic mass is 9.44. The van der Waals surface area contributed by atoms with E-state index in [2.05, 4.69) is 31.0 Å². The van der Waals surface area contributed by atoms with Gasteiger partial charge in [-0.25, -0.2) is 0 Å². The first-order valence-corrected chi connectivity index (χ1v) is 18.0. The standard InChI is InChI=1S/C32H58N2O4S/c1-24(11-16-30(35)33-20-7-8-21-34(4)22-9-23-39(36,37)38)27-14-15-28-26-13-12-25-10-5-6-18-31(25,2)29(26)17-19-32(27,28)3/h24-29H,5-23H2,1-4H3,(H,33,35)(H,36,37,38)/t24-,25?,26+,27-,28+,29+,31+,32-/m1/s1. The molecule has 8 atom stereocenters. The molecule has 6 nitrogen and oxygen atoms in total. The van der Waals surface area contributed by atoms with E-state index in [1.807, 2.05) is 7.05 Å². The Morgan fingerprint density at radius 2 is 1.69 bits per heavy atom. The zero-order chi connectivity index (χ0) is 28.3. The summed E-state index contributed by atoms with van der Waals surface area (Å²) in [4.78, 5) is 14.7. The summed E-state index contributed by atoms with van der Waals surface area (Å²) in [6, 6.07) is 0. The third kappa shape index (κ3) is 7.41. The highest BCUT2D eigenvalue weighted by Crippen LogP contribution is 2.68. The van der Waals surface area contributed by atoms with Crippen LogP contribution in [0.3, 0.4) is 0 Å². The third-order valence-corrected chi connectivity index (χ3v) is 13.2. The molecule has 0 aromatic heterocycles. The van der Waals surface area contributed by atoms with E-state index in [4.69, 9.17) is 4.55 Å². The summed E-state index contributed by atoms with van der Waals surface area (Å²) in [6.07, 6.45) is 18.5. The van der Waals surface area contributed by atoms with Crippen molar-refractivity contribution in [1.29, 1.82) is 0 Å². The molecule has 0 bridgehead atoms. The molecule has 4 saturated carbocycles. The van der Waals surface area contributed by atoms with Crippen molar-refractivity contribution in [3.8, 4) is 0 Å². The Morgan fingerprint density at radius 1 is 0.949 bits per heavy atom. The van der Waals surface area contributed by atoms with Gasteiger partial charge in [0.2, 0.25) is 5.91 Å². The zero-order valence-corrected chi connectivity index (χ0v) is 26.2. The number of nitrogens with one attached hydrogen (secondary N) is 1. The van der Waals surface area contributed by atoms with E-state index in [0.717, 1.165) is 55.4 Å². The Hall–Kier alpha value is -0.660. The molecule has 1 unspecified atom stereocenters. The van der Waals surface area contributed by atoms with E-state index < -0.39 is 10.1 Å². The maximum atomic E-state index is 12.6. The maximum Gasteiger partial charge on any atom is 0.264 e. The number of rotatable bonds is 13. The molecular weight excluding hydrogens is 508 g/mol. The second-order valence-corrected chi connectivity index (χ2v) is 16.2. The number of nitrogens with zero attached hydrogens (tertiary/aromatic N) is 1. The van der Waals surface area contributed by atoms with Crippen molar-refractivity contribution in [2.75, 3.05) is 32.4 Å². The van der Waals surface area contributed by atoms with E-state index in [1.54, 1.807) is 0 Å². The predicted octanol–water partition coefficient (Wildman–Crippen LogP) is 6.56. The number of hydrogen-bond acceptors (Lipinski definition) is 4. The summed E-state index contributed by atoms with van der Waals surface area (Å²) >= 11 is 0. The highest BCUT2D eigenvalue weighted by Gasteiger charge is 2.60. The molecule has 39 heavy (non-hydrogen) atoms. The second kappa shape index (κ2) is 13.1. The van der Waals surface area contributed by atoms with Crippen molar-refractivity contribution in [2.45, 2.75) is 117 Å². The number of carbonyl (C=O) groups is 1. The van der Waals surface area contributed by atoms with Crippen molar-refractivity contribution in [1.82, 2.24) is 10.2 Å². The topological polar surface area (TPSA) is 86.7 Å². The van der Waals surface area contributed by atoms with Gasteiger partial charge in [0.05, 0.1) is 5.75 Å². The molecule has 0 aromatic rings. The van der Waals surface area contributed by atoms with Gasteiger partial charge in [0.1, 0.15) is 0 Å². The van der Waals surface area contributed by atoms with E-state index in [0.29, 0.717) is 42.7 Å². The van der Waals surface area contributed by atoms with E-state index in [1.165, 1.54) is 64.2 Å². The van der Waals surface area contributed by atoms with Crippen molar-refractivity contribution in [3.05, 3.63) is 0 Å². The zero-order valence-electron chi connectivity index (χ0n) is 25.4. The number of carbonyl (C=O) groups excluding carboxylic acids is 1. The average molecular weight is 567 g/mol. The smallest absolute Gasteiger partial charge is 0.264 e. The van der Waals surface area contributed by atoms with Crippen LogP contribution < -0.4 is 5.32 Å². The molecule has 0 aliphatic heterocycles. The number of amides is 1. The summed E-state index contributed by atoms with van der Waals surface area (Å²) in [5.74, 6) is 5.19. The van der Waals surface area contributed by atoms with Crippen LogP contribution in [0.2, 0.25) is 0 Å². The quantitative estimate of drug-likeness (QED) is 0.195. The number of fused-ring (bicyclic) bond motifs is 5. The molecule has 4 rings (SSSR count). The minimum absolute atomic E-state index is 0.187. The fourth-order valence-electron chi connectivity index (χ4n) is 10.3. The number of hydrogen-bond donors (Lipinski definition) is 2. The van der Waals surface area contributed by atoms with Gasteiger partial charge in [-0.1, -0.05) is 33.6 Å². The summed E-state index contributed by atoms with van der Waals surface area (Å²) in [5, 5.41) is 3.13. The molecule has 1 amide bonds.